The largest absolute Gasteiger partial charge is 0.347 e. The van der Waals surface area contributed by atoms with Crippen LogP contribution in [-0.2, 0) is 22.6 Å². The van der Waals surface area contributed by atoms with Crippen LogP contribution in [0.25, 0.3) is 0 Å². The first kappa shape index (κ1) is 14.0. The van der Waals surface area contributed by atoms with E-state index in [0.717, 1.165) is 45.7 Å². The molecule has 0 bridgehead atoms. The van der Waals surface area contributed by atoms with Crippen LogP contribution in [0.1, 0.15) is 29.5 Å². The van der Waals surface area contributed by atoms with Crippen LogP contribution in [0.4, 0.5) is 0 Å². The molecule has 0 aromatic heterocycles. The van der Waals surface area contributed by atoms with Crippen LogP contribution in [0, 0.1) is 6.92 Å². The highest BCUT2D eigenvalue weighted by Crippen LogP contribution is 2.31. The molecule has 20 heavy (non-hydrogen) atoms. The Labute approximate surface area is 120 Å². The lowest BCUT2D eigenvalue weighted by Gasteiger charge is -2.37. The van der Waals surface area contributed by atoms with Gasteiger partial charge in [0.2, 0.25) is 0 Å². The molecule has 2 N–H and O–H groups in total. The minimum absolute atomic E-state index is 0.269. The summed E-state index contributed by atoms with van der Waals surface area (Å²) in [6.45, 7) is 7.37. The van der Waals surface area contributed by atoms with Crippen molar-refractivity contribution in [3.05, 3.63) is 34.9 Å². The van der Waals surface area contributed by atoms with Crippen LogP contribution in [0.15, 0.2) is 18.2 Å². The second-order valence-electron chi connectivity index (χ2n) is 5.85. The van der Waals surface area contributed by atoms with Gasteiger partial charge in [-0.2, -0.15) is 0 Å². The zero-order valence-electron chi connectivity index (χ0n) is 12.2. The summed E-state index contributed by atoms with van der Waals surface area (Å²) in [6, 6.07) is 6.55. The third-order valence-corrected chi connectivity index (χ3v) is 4.47. The Bertz CT molecular complexity index is 460. The Kier molecular flexibility index (Phi) is 4.08. The fourth-order valence-electron chi connectivity index (χ4n) is 3.14. The Balaban J connectivity index is 1.59. The quantitative estimate of drug-likeness (QED) is 0.914. The summed E-state index contributed by atoms with van der Waals surface area (Å²) in [4.78, 5) is 2.49. The molecule has 2 aliphatic heterocycles. The van der Waals surface area contributed by atoms with Crippen molar-refractivity contribution in [3.63, 3.8) is 0 Å². The summed E-state index contributed by atoms with van der Waals surface area (Å²) in [7, 11) is 0. The van der Waals surface area contributed by atoms with Crippen molar-refractivity contribution in [1.82, 2.24) is 4.90 Å². The monoisotopic (exact) mass is 276 g/mol. The number of benzene rings is 1. The Hall–Kier alpha value is -0.940. The van der Waals surface area contributed by atoms with E-state index in [0.29, 0.717) is 6.54 Å². The van der Waals surface area contributed by atoms with Gasteiger partial charge >= 0.3 is 0 Å². The normalized spacial score (nSPS) is 22.5. The molecule has 0 amide bonds. The Morgan fingerprint density at radius 3 is 2.50 bits per heavy atom. The molecule has 2 fully saturated rings. The van der Waals surface area contributed by atoms with Gasteiger partial charge in [-0.05, 0) is 23.6 Å². The first-order valence-electron chi connectivity index (χ1n) is 7.49. The second kappa shape index (κ2) is 5.82. The molecule has 1 spiro atoms. The van der Waals surface area contributed by atoms with Crippen molar-refractivity contribution in [2.24, 2.45) is 5.73 Å². The molecular weight excluding hydrogens is 252 g/mol. The summed E-state index contributed by atoms with van der Waals surface area (Å²) in [6.07, 6.45) is 1.96. The van der Waals surface area contributed by atoms with E-state index in [1.54, 1.807) is 0 Å². The first-order valence-corrected chi connectivity index (χ1v) is 7.49. The van der Waals surface area contributed by atoms with Gasteiger partial charge in [0.25, 0.3) is 0 Å². The van der Waals surface area contributed by atoms with Crippen molar-refractivity contribution in [2.45, 2.75) is 38.6 Å². The zero-order valence-corrected chi connectivity index (χ0v) is 12.2. The SMILES string of the molecule is Cc1cc(CN)ccc1CN1CCC2(CC1)OCCO2. The predicted octanol–water partition coefficient (Wildman–Crippen LogP) is 1.79. The molecule has 0 unspecified atom stereocenters. The number of aryl methyl sites for hydroxylation is 1. The van der Waals surface area contributed by atoms with Crippen LogP contribution in [0.3, 0.4) is 0 Å². The lowest BCUT2D eigenvalue weighted by molar-refractivity contribution is -0.185. The molecule has 4 heteroatoms. The van der Waals surface area contributed by atoms with Gasteiger partial charge in [-0.25, -0.2) is 0 Å². The molecule has 0 radical (unpaired) electrons. The molecular formula is C16H24N2O2. The summed E-state index contributed by atoms with van der Waals surface area (Å²) < 4.78 is 11.5. The van der Waals surface area contributed by atoms with Crippen molar-refractivity contribution < 1.29 is 9.47 Å². The standard InChI is InChI=1S/C16H24N2O2/c1-13-10-14(11-17)2-3-15(13)12-18-6-4-16(5-7-18)19-8-9-20-16/h2-3,10H,4-9,11-12,17H2,1H3. The van der Waals surface area contributed by atoms with Crippen LogP contribution in [-0.4, -0.2) is 37.0 Å². The maximum atomic E-state index is 5.77. The van der Waals surface area contributed by atoms with Crippen molar-refractivity contribution >= 4 is 0 Å². The van der Waals surface area contributed by atoms with Crippen LogP contribution < -0.4 is 5.73 Å². The zero-order chi connectivity index (χ0) is 14.0. The molecule has 4 nitrogen and oxygen atoms in total. The second-order valence-corrected chi connectivity index (χ2v) is 5.85. The van der Waals surface area contributed by atoms with E-state index >= 15 is 0 Å². The van der Waals surface area contributed by atoms with E-state index in [-0.39, 0.29) is 5.79 Å². The molecule has 0 aliphatic carbocycles. The number of ether oxygens (including phenoxy) is 2. The van der Waals surface area contributed by atoms with Crippen LogP contribution >= 0.6 is 0 Å². The average Bonchev–Trinajstić information content (AvgIpc) is 2.92. The van der Waals surface area contributed by atoms with Gasteiger partial charge in [0, 0.05) is 39.0 Å². The Morgan fingerprint density at radius 1 is 1.20 bits per heavy atom. The van der Waals surface area contributed by atoms with E-state index in [9.17, 15) is 0 Å². The molecule has 3 rings (SSSR count). The molecule has 0 saturated carbocycles. The van der Waals surface area contributed by atoms with E-state index in [4.69, 9.17) is 15.2 Å². The van der Waals surface area contributed by atoms with Gasteiger partial charge in [0.1, 0.15) is 0 Å². The highest BCUT2D eigenvalue weighted by Gasteiger charge is 2.39. The number of likely N-dealkylation sites (tertiary alicyclic amines) is 1. The minimum Gasteiger partial charge on any atom is -0.347 e. The van der Waals surface area contributed by atoms with Crippen LogP contribution in [0.5, 0.6) is 0 Å². The molecule has 2 heterocycles. The highest BCUT2D eigenvalue weighted by atomic mass is 16.7. The third-order valence-electron chi connectivity index (χ3n) is 4.47. The summed E-state index contributed by atoms with van der Waals surface area (Å²) >= 11 is 0. The highest BCUT2D eigenvalue weighted by molar-refractivity contribution is 5.31. The number of nitrogens with two attached hydrogens (primary N) is 1. The van der Waals surface area contributed by atoms with E-state index in [1.165, 1.54) is 16.7 Å². The van der Waals surface area contributed by atoms with Crippen molar-refractivity contribution in [1.29, 1.82) is 0 Å². The third kappa shape index (κ3) is 2.88. The molecule has 1 aromatic carbocycles. The molecule has 110 valence electrons. The van der Waals surface area contributed by atoms with Gasteiger partial charge in [0.15, 0.2) is 5.79 Å². The van der Waals surface area contributed by atoms with Crippen LogP contribution in [0.2, 0.25) is 0 Å². The number of hydrogen-bond acceptors (Lipinski definition) is 4. The van der Waals surface area contributed by atoms with Gasteiger partial charge in [-0.1, -0.05) is 18.2 Å². The summed E-state index contributed by atoms with van der Waals surface area (Å²) in [5.74, 6) is -0.269. The fourth-order valence-corrected chi connectivity index (χ4v) is 3.14. The Morgan fingerprint density at radius 2 is 1.90 bits per heavy atom. The van der Waals surface area contributed by atoms with Gasteiger partial charge in [-0.3, -0.25) is 4.90 Å². The van der Waals surface area contributed by atoms with Crippen molar-refractivity contribution in [2.75, 3.05) is 26.3 Å². The lowest BCUT2D eigenvalue weighted by Crippen LogP contribution is -2.44. The molecule has 2 aliphatic rings. The minimum atomic E-state index is -0.269. The number of rotatable bonds is 3. The smallest absolute Gasteiger partial charge is 0.170 e. The number of nitrogens with zero attached hydrogens (tertiary/aromatic N) is 1. The molecule has 0 atom stereocenters. The van der Waals surface area contributed by atoms with Crippen molar-refractivity contribution in [3.8, 4) is 0 Å². The number of hydrogen-bond donors (Lipinski definition) is 1. The first-order chi connectivity index (χ1) is 9.71. The number of piperidine rings is 1. The predicted molar refractivity (Wildman–Crippen MR) is 78.2 cm³/mol. The van der Waals surface area contributed by atoms with Gasteiger partial charge in [0.05, 0.1) is 13.2 Å². The van der Waals surface area contributed by atoms with Gasteiger partial charge in [-0.15, -0.1) is 0 Å². The van der Waals surface area contributed by atoms with E-state index < -0.39 is 0 Å². The molecule has 1 aromatic rings. The maximum Gasteiger partial charge on any atom is 0.170 e. The van der Waals surface area contributed by atoms with E-state index in [1.807, 2.05) is 0 Å². The molecule has 2 saturated heterocycles. The maximum absolute atomic E-state index is 5.77. The summed E-state index contributed by atoms with van der Waals surface area (Å²) in [5, 5.41) is 0. The summed E-state index contributed by atoms with van der Waals surface area (Å²) in [5.41, 5.74) is 9.62. The fraction of sp³-hybridized carbons (Fsp3) is 0.625. The average molecular weight is 276 g/mol. The van der Waals surface area contributed by atoms with E-state index in [2.05, 4.69) is 30.0 Å². The lowest BCUT2D eigenvalue weighted by atomic mass is 10.0. The topological polar surface area (TPSA) is 47.7 Å². The van der Waals surface area contributed by atoms with Gasteiger partial charge < -0.3 is 15.2 Å².